The van der Waals surface area contributed by atoms with Crippen LogP contribution < -0.4 is 5.32 Å². The Morgan fingerprint density at radius 3 is 2.70 bits per heavy atom. The third-order valence-corrected chi connectivity index (χ3v) is 4.55. The van der Waals surface area contributed by atoms with Crippen LogP contribution in [0.1, 0.15) is 51.4 Å². The van der Waals surface area contributed by atoms with Gasteiger partial charge in [-0.3, -0.25) is 9.88 Å². The SMILES string of the molecule is CC(C)(C)NCc1cccc(CN2CC3CCC2C3)n1. The smallest absolute Gasteiger partial charge is 0.0547 e. The lowest BCUT2D eigenvalue weighted by atomic mass is 10.1. The average molecular weight is 273 g/mol. The second kappa shape index (κ2) is 5.45. The summed E-state index contributed by atoms with van der Waals surface area (Å²) in [5.74, 6) is 0.964. The predicted octanol–water partition coefficient (Wildman–Crippen LogP) is 2.95. The molecule has 1 aliphatic heterocycles. The Morgan fingerprint density at radius 1 is 1.25 bits per heavy atom. The van der Waals surface area contributed by atoms with Gasteiger partial charge in [0, 0.05) is 31.2 Å². The van der Waals surface area contributed by atoms with Crippen LogP contribution in [-0.2, 0) is 13.1 Å². The third kappa shape index (κ3) is 3.39. The van der Waals surface area contributed by atoms with Crippen molar-refractivity contribution in [2.24, 2.45) is 5.92 Å². The van der Waals surface area contributed by atoms with Gasteiger partial charge in [0.1, 0.15) is 0 Å². The number of fused-ring (bicyclic) bond motifs is 2. The summed E-state index contributed by atoms with van der Waals surface area (Å²) in [5.41, 5.74) is 2.53. The molecule has 0 amide bonds. The fraction of sp³-hybridized carbons (Fsp3) is 0.706. The van der Waals surface area contributed by atoms with Crippen LogP contribution in [0.25, 0.3) is 0 Å². The van der Waals surface area contributed by atoms with E-state index < -0.39 is 0 Å². The van der Waals surface area contributed by atoms with E-state index in [1.807, 2.05) is 0 Å². The lowest BCUT2D eigenvalue weighted by Gasteiger charge is -2.26. The van der Waals surface area contributed by atoms with Crippen LogP contribution in [0.15, 0.2) is 18.2 Å². The first kappa shape index (κ1) is 14.0. The van der Waals surface area contributed by atoms with Gasteiger partial charge in [-0.15, -0.1) is 0 Å². The fourth-order valence-electron chi connectivity index (χ4n) is 3.50. The molecule has 1 aromatic rings. The van der Waals surface area contributed by atoms with Gasteiger partial charge in [-0.25, -0.2) is 0 Å². The quantitative estimate of drug-likeness (QED) is 0.914. The van der Waals surface area contributed by atoms with Crippen LogP contribution in [0.2, 0.25) is 0 Å². The molecule has 0 aromatic carbocycles. The molecule has 1 N–H and O–H groups in total. The van der Waals surface area contributed by atoms with E-state index in [-0.39, 0.29) is 5.54 Å². The summed E-state index contributed by atoms with van der Waals surface area (Å²) >= 11 is 0. The first-order valence-electron chi connectivity index (χ1n) is 7.93. The molecular weight excluding hydrogens is 246 g/mol. The van der Waals surface area contributed by atoms with E-state index in [1.165, 1.54) is 31.5 Å². The van der Waals surface area contributed by atoms with E-state index in [0.29, 0.717) is 0 Å². The number of rotatable bonds is 4. The zero-order valence-electron chi connectivity index (χ0n) is 13.0. The van der Waals surface area contributed by atoms with Crippen LogP contribution in [0, 0.1) is 5.92 Å². The number of nitrogens with one attached hydrogen (secondary N) is 1. The molecular formula is C17H27N3. The normalized spacial score (nSPS) is 26.4. The van der Waals surface area contributed by atoms with Crippen LogP contribution in [0.5, 0.6) is 0 Å². The zero-order valence-corrected chi connectivity index (χ0v) is 13.0. The van der Waals surface area contributed by atoms with Gasteiger partial charge in [0.15, 0.2) is 0 Å². The third-order valence-electron chi connectivity index (χ3n) is 4.55. The van der Waals surface area contributed by atoms with Crippen molar-refractivity contribution in [3.05, 3.63) is 29.6 Å². The van der Waals surface area contributed by atoms with Crippen molar-refractivity contribution in [3.8, 4) is 0 Å². The highest BCUT2D eigenvalue weighted by molar-refractivity contribution is 5.12. The van der Waals surface area contributed by atoms with Crippen molar-refractivity contribution in [1.29, 1.82) is 0 Å². The second-order valence-electron chi connectivity index (χ2n) is 7.49. The van der Waals surface area contributed by atoms with Crippen LogP contribution in [0.4, 0.5) is 0 Å². The maximum Gasteiger partial charge on any atom is 0.0547 e. The molecule has 1 aromatic heterocycles. The molecule has 1 aliphatic carbocycles. The minimum atomic E-state index is 0.145. The first-order chi connectivity index (χ1) is 9.49. The molecule has 20 heavy (non-hydrogen) atoms. The van der Waals surface area contributed by atoms with E-state index >= 15 is 0 Å². The van der Waals surface area contributed by atoms with Crippen molar-refractivity contribution in [2.45, 2.75) is 64.7 Å². The zero-order chi connectivity index (χ0) is 14.2. The van der Waals surface area contributed by atoms with E-state index in [0.717, 1.165) is 30.7 Å². The molecule has 2 unspecified atom stereocenters. The number of aromatic nitrogens is 1. The number of nitrogens with zero attached hydrogens (tertiary/aromatic N) is 2. The summed E-state index contributed by atoms with van der Waals surface area (Å²) in [4.78, 5) is 7.46. The van der Waals surface area contributed by atoms with E-state index in [2.05, 4.69) is 49.2 Å². The number of hydrogen-bond donors (Lipinski definition) is 1. The summed E-state index contributed by atoms with van der Waals surface area (Å²) in [7, 11) is 0. The highest BCUT2D eigenvalue weighted by Crippen LogP contribution is 2.37. The van der Waals surface area contributed by atoms with Gasteiger partial charge in [0.05, 0.1) is 11.4 Å². The molecule has 3 rings (SSSR count). The van der Waals surface area contributed by atoms with Gasteiger partial charge in [-0.2, -0.15) is 0 Å². The van der Waals surface area contributed by atoms with Crippen molar-refractivity contribution in [3.63, 3.8) is 0 Å². The number of likely N-dealkylation sites (tertiary alicyclic amines) is 1. The Bertz CT molecular complexity index is 464. The molecule has 0 radical (unpaired) electrons. The Hall–Kier alpha value is -0.930. The van der Waals surface area contributed by atoms with Gasteiger partial charge >= 0.3 is 0 Å². The monoisotopic (exact) mass is 273 g/mol. The highest BCUT2D eigenvalue weighted by atomic mass is 15.2. The minimum Gasteiger partial charge on any atom is -0.306 e. The van der Waals surface area contributed by atoms with Crippen LogP contribution in [0.3, 0.4) is 0 Å². The average Bonchev–Trinajstić information content (AvgIpc) is 2.98. The topological polar surface area (TPSA) is 28.2 Å². The molecule has 3 nitrogen and oxygen atoms in total. The summed E-state index contributed by atoms with van der Waals surface area (Å²) in [6.45, 7) is 9.75. The molecule has 2 bridgehead atoms. The van der Waals surface area contributed by atoms with Gasteiger partial charge in [0.2, 0.25) is 0 Å². The standard InChI is InChI=1S/C17H27N3/c1-17(2,3)18-10-14-5-4-6-15(19-14)12-20-11-13-7-8-16(20)9-13/h4-6,13,16,18H,7-12H2,1-3H3. The first-order valence-corrected chi connectivity index (χ1v) is 7.93. The molecule has 1 saturated carbocycles. The van der Waals surface area contributed by atoms with Gasteiger partial charge in [-0.05, 0) is 58.1 Å². The number of hydrogen-bond acceptors (Lipinski definition) is 3. The molecule has 0 spiro atoms. The minimum absolute atomic E-state index is 0.145. The molecule has 2 atom stereocenters. The Labute approximate surface area is 122 Å². The van der Waals surface area contributed by atoms with E-state index in [4.69, 9.17) is 4.98 Å². The van der Waals surface area contributed by atoms with E-state index in [9.17, 15) is 0 Å². The summed E-state index contributed by atoms with van der Waals surface area (Å²) in [6, 6.07) is 7.28. The van der Waals surface area contributed by atoms with Crippen molar-refractivity contribution in [2.75, 3.05) is 6.54 Å². The Morgan fingerprint density at radius 2 is 2.05 bits per heavy atom. The Balaban J connectivity index is 1.60. The fourth-order valence-corrected chi connectivity index (χ4v) is 3.50. The highest BCUT2D eigenvalue weighted by Gasteiger charge is 2.37. The summed E-state index contributed by atoms with van der Waals surface area (Å²) < 4.78 is 0. The van der Waals surface area contributed by atoms with Crippen LogP contribution >= 0.6 is 0 Å². The van der Waals surface area contributed by atoms with Crippen molar-refractivity contribution < 1.29 is 0 Å². The Kier molecular flexibility index (Phi) is 3.83. The largest absolute Gasteiger partial charge is 0.306 e. The molecule has 2 fully saturated rings. The van der Waals surface area contributed by atoms with Gasteiger partial charge in [0.25, 0.3) is 0 Å². The summed E-state index contributed by atoms with van der Waals surface area (Å²) in [6.07, 6.45) is 4.27. The summed E-state index contributed by atoms with van der Waals surface area (Å²) in [5, 5.41) is 3.51. The van der Waals surface area contributed by atoms with Crippen molar-refractivity contribution in [1.82, 2.24) is 15.2 Å². The van der Waals surface area contributed by atoms with Crippen molar-refractivity contribution >= 4 is 0 Å². The predicted molar refractivity (Wildman–Crippen MR) is 82.4 cm³/mol. The maximum absolute atomic E-state index is 4.82. The lowest BCUT2D eigenvalue weighted by molar-refractivity contribution is 0.203. The molecule has 3 heteroatoms. The second-order valence-corrected chi connectivity index (χ2v) is 7.49. The number of piperidine rings is 1. The van der Waals surface area contributed by atoms with Crippen LogP contribution in [-0.4, -0.2) is 28.0 Å². The van der Waals surface area contributed by atoms with E-state index in [1.54, 1.807) is 0 Å². The molecule has 1 saturated heterocycles. The molecule has 2 heterocycles. The number of pyridine rings is 1. The van der Waals surface area contributed by atoms with Gasteiger partial charge < -0.3 is 5.32 Å². The maximum atomic E-state index is 4.82. The lowest BCUT2D eigenvalue weighted by Crippen LogP contribution is -2.35. The van der Waals surface area contributed by atoms with Gasteiger partial charge in [-0.1, -0.05) is 6.07 Å². The molecule has 2 aliphatic rings. The molecule has 110 valence electrons.